The minimum Gasteiger partial charge on any atom is -0.370 e. The second-order valence-electron chi connectivity index (χ2n) is 11.0. The van der Waals surface area contributed by atoms with Gasteiger partial charge in [-0.05, 0) is 48.9 Å². The van der Waals surface area contributed by atoms with Crippen molar-refractivity contribution in [3.05, 3.63) is 48.0 Å². The molecule has 4 atom stereocenters. The van der Waals surface area contributed by atoms with Gasteiger partial charge in [0.15, 0.2) is 11.9 Å². The molecule has 3 rings (SSSR count). The van der Waals surface area contributed by atoms with Crippen LogP contribution in [-0.4, -0.2) is 85.3 Å². The first-order valence-corrected chi connectivity index (χ1v) is 15.0. The topological polar surface area (TPSA) is 274 Å². The van der Waals surface area contributed by atoms with E-state index < -0.39 is 60.2 Å². The van der Waals surface area contributed by atoms with E-state index in [9.17, 15) is 24.0 Å². The Balaban J connectivity index is 1.92. The molecule has 2 aromatic rings. The highest BCUT2D eigenvalue weighted by molar-refractivity contribution is 5.97. The standard InChI is InChI=1S/C30H43N11O5/c1-17-25(43)39-21(8-4-12-35-29(31)32)27(45)40-22(9-5-13-36-30(33)34)28(46)41-23(26(44)37-16-24(42)38-17)15-18-10-11-19-6-2-3-7-20(19)14-18/h2-3,6-7,10-11,14,17,21-23H,4-5,8-9,12-13,15-16H2,1H3,(H,37,44)(H,38,42)(H,39,43)(H,40,45)(H,41,46)(H4,31,32,35)(H4,33,34,36)/t17-,21-,22+,23-/m1/s1. The molecule has 0 saturated carbocycles. The number of nitrogens with zero attached hydrogens (tertiary/aromatic N) is 2. The number of nitrogens with one attached hydrogen (secondary N) is 5. The quantitative estimate of drug-likeness (QED) is 0.0760. The Morgan fingerprint density at radius 1 is 0.696 bits per heavy atom. The van der Waals surface area contributed by atoms with Crippen LogP contribution in [0.3, 0.4) is 0 Å². The van der Waals surface area contributed by atoms with E-state index in [4.69, 9.17) is 22.9 Å². The summed E-state index contributed by atoms with van der Waals surface area (Å²) in [5.74, 6) is -3.42. The first-order valence-electron chi connectivity index (χ1n) is 15.0. The molecule has 13 N–H and O–H groups in total. The molecule has 0 bridgehead atoms. The van der Waals surface area contributed by atoms with E-state index in [-0.39, 0.29) is 44.3 Å². The fourth-order valence-corrected chi connectivity index (χ4v) is 4.85. The number of fused-ring (bicyclic) bond motifs is 1. The van der Waals surface area contributed by atoms with E-state index in [0.717, 1.165) is 16.3 Å². The molecule has 0 radical (unpaired) electrons. The molecule has 0 aliphatic carbocycles. The van der Waals surface area contributed by atoms with Gasteiger partial charge in [-0.25, -0.2) is 0 Å². The second-order valence-corrected chi connectivity index (χ2v) is 11.0. The number of carbonyl (C=O) groups is 5. The Morgan fingerprint density at radius 3 is 1.83 bits per heavy atom. The van der Waals surface area contributed by atoms with Crippen LogP contribution in [0.5, 0.6) is 0 Å². The van der Waals surface area contributed by atoms with E-state index in [2.05, 4.69) is 36.6 Å². The largest absolute Gasteiger partial charge is 0.370 e. The minimum atomic E-state index is -1.12. The van der Waals surface area contributed by atoms with Gasteiger partial charge in [0.25, 0.3) is 0 Å². The van der Waals surface area contributed by atoms with E-state index in [0.29, 0.717) is 12.8 Å². The van der Waals surface area contributed by atoms with Crippen molar-refractivity contribution in [2.24, 2.45) is 32.9 Å². The molecule has 2 aromatic carbocycles. The lowest BCUT2D eigenvalue weighted by atomic mass is 10.0. The first-order chi connectivity index (χ1) is 21.9. The third-order valence-corrected chi connectivity index (χ3v) is 7.24. The highest BCUT2D eigenvalue weighted by Gasteiger charge is 2.31. The Hall–Kier alpha value is -5.41. The Bertz CT molecular complexity index is 1470. The maximum absolute atomic E-state index is 13.7. The van der Waals surface area contributed by atoms with Crippen LogP contribution in [0.2, 0.25) is 0 Å². The first kappa shape index (κ1) is 35.1. The molecule has 248 valence electrons. The van der Waals surface area contributed by atoms with Gasteiger partial charge in [0.05, 0.1) is 6.54 Å². The van der Waals surface area contributed by atoms with Gasteiger partial charge >= 0.3 is 0 Å². The molecule has 1 heterocycles. The fraction of sp³-hybridized carbons (Fsp3) is 0.433. The van der Waals surface area contributed by atoms with Gasteiger partial charge in [-0.3, -0.25) is 34.0 Å². The Kier molecular flexibility index (Phi) is 13.1. The summed E-state index contributed by atoms with van der Waals surface area (Å²) < 4.78 is 0. The van der Waals surface area contributed by atoms with E-state index in [1.807, 2.05) is 42.5 Å². The van der Waals surface area contributed by atoms with E-state index in [1.165, 1.54) is 6.92 Å². The van der Waals surface area contributed by atoms with Crippen molar-refractivity contribution in [1.82, 2.24) is 26.6 Å². The van der Waals surface area contributed by atoms with Crippen molar-refractivity contribution < 1.29 is 24.0 Å². The highest BCUT2D eigenvalue weighted by atomic mass is 16.2. The summed E-state index contributed by atoms with van der Waals surface area (Å²) in [5.41, 5.74) is 22.4. The number of hydrogen-bond acceptors (Lipinski definition) is 7. The fourth-order valence-electron chi connectivity index (χ4n) is 4.85. The number of benzene rings is 2. The molecule has 16 heteroatoms. The van der Waals surface area contributed by atoms with Crippen LogP contribution in [0.1, 0.15) is 38.2 Å². The molecule has 46 heavy (non-hydrogen) atoms. The van der Waals surface area contributed by atoms with Crippen molar-refractivity contribution in [3.8, 4) is 0 Å². The lowest BCUT2D eigenvalue weighted by Crippen LogP contribution is -2.57. The number of hydrogen-bond donors (Lipinski definition) is 9. The molecule has 0 aromatic heterocycles. The van der Waals surface area contributed by atoms with Gasteiger partial charge in [-0.2, -0.15) is 0 Å². The van der Waals surface area contributed by atoms with E-state index in [1.54, 1.807) is 0 Å². The maximum Gasteiger partial charge on any atom is 0.243 e. The number of rotatable bonds is 10. The highest BCUT2D eigenvalue weighted by Crippen LogP contribution is 2.17. The Labute approximate surface area is 266 Å². The zero-order valence-electron chi connectivity index (χ0n) is 25.8. The summed E-state index contributed by atoms with van der Waals surface area (Å²) in [5, 5.41) is 15.1. The van der Waals surface area contributed by atoms with Crippen LogP contribution in [0, 0.1) is 0 Å². The lowest BCUT2D eigenvalue weighted by Gasteiger charge is -2.25. The van der Waals surface area contributed by atoms with Gasteiger partial charge in [-0.1, -0.05) is 42.5 Å². The number of guanidine groups is 2. The van der Waals surface area contributed by atoms with Gasteiger partial charge in [-0.15, -0.1) is 0 Å². The molecular weight excluding hydrogens is 594 g/mol. The normalized spacial score (nSPS) is 21.4. The molecule has 1 saturated heterocycles. The van der Waals surface area contributed by atoms with Crippen molar-refractivity contribution in [2.45, 2.75) is 63.2 Å². The van der Waals surface area contributed by atoms with Crippen molar-refractivity contribution in [1.29, 1.82) is 0 Å². The third-order valence-electron chi connectivity index (χ3n) is 7.24. The zero-order chi connectivity index (χ0) is 33.6. The molecular formula is C30H43N11O5. The summed E-state index contributed by atoms with van der Waals surface area (Å²) in [7, 11) is 0. The van der Waals surface area contributed by atoms with Crippen LogP contribution < -0.4 is 49.5 Å². The third kappa shape index (κ3) is 11.3. The minimum absolute atomic E-state index is 0.0998. The molecule has 1 fully saturated rings. The van der Waals surface area contributed by atoms with Crippen LogP contribution in [0.25, 0.3) is 10.8 Å². The van der Waals surface area contributed by atoms with Crippen LogP contribution in [0.15, 0.2) is 52.4 Å². The molecule has 16 nitrogen and oxygen atoms in total. The van der Waals surface area contributed by atoms with Gasteiger partial charge < -0.3 is 49.5 Å². The predicted molar refractivity (Wildman–Crippen MR) is 174 cm³/mol. The van der Waals surface area contributed by atoms with Gasteiger partial charge in [0, 0.05) is 19.5 Å². The second kappa shape index (κ2) is 17.2. The molecule has 1 aliphatic heterocycles. The van der Waals surface area contributed by atoms with Crippen molar-refractivity contribution >= 4 is 52.2 Å². The number of carbonyl (C=O) groups excluding carboxylic acids is 5. The average Bonchev–Trinajstić information content (AvgIpc) is 3.01. The molecule has 0 spiro atoms. The smallest absolute Gasteiger partial charge is 0.243 e. The number of aliphatic imine (C=N–C) groups is 2. The summed E-state index contributed by atoms with van der Waals surface area (Å²) in [4.78, 5) is 74.0. The summed E-state index contributed by atoms with van der Waals surface area (Å²) >= 11 is 0. The summed E-state index contributed by atoms with van der Waals surface area (Å²) in [6, 6.07) is 9.04. The average molecular weight is 638 g/mol. The number of amides is 5. The van der Waals surface area contributed by atoms with Gasteiger partial charge in [0.2, 0.25) is 29.5 Å². The zero-order valence-corrected chi connectivity index (χ0v) is 25.8. The predicted octanol–water partition coefficient (Wildman–Crippen LogP) is -2.42. The molecule has 0 unspecified atom stereocenters. The summed E-state index contributed by atoms with van der Waals surface area (Å²) in [6.45, 7) is 1.39. The maximum atomic E-state index is 13.7. The van der Waals surface area contributed by atoms with Crippen LogP contribution >= 0.6 is 0 Å². The summed E-state index contributed by atoms with van der Waals surface area (Å²) in [6.07, 6.45) is 0.980. The SMILES string of the molecule is C[C@H]1NC(=O)CNC(=O)[C@@H](Cc2ccc3ccccc3c2)NC(=O)[C@H](CCCN=C(N)N)NC(=O)[C@@H](CCCN=C(N)N)NC1=O. The van der Waals surface area contributed by atoms with E-state index >= 15 is 0 Å². The molecule has 1 aliphatic rings. The van der Waals surface area contributed by atoms with Crippen LogP contribution in [0.4, 0.5) is 0 Å². The molecule has 5 amide bonds. The van der Waals surface area contributed by atoms with Crippen LogP contribution in [-0.2, 0) is 30.4 Å². The van der Waals surface area contributed by atoms with Crippen molar-refractivity contribution in [3.63, 3.8) is 0 Å². The number of nitrogens with two attached hydrogens (primary N) is 4. The monoisotopic (exact) mass is 637 g/mol. The lowest BCUT2D eigenvalue weighted by molar-refractivity contribution is -0.134. The van der Waals surface area contributed by atoms with Crippen molar-refractivity contribution in [2.75, 3.05) is 19.6 Å². The van der Waals surface area contributed by atoms with Gasteiger partial charge in [0.1, 0.15) is 24.2 Å². The Morgan fingerprint density at radius 2 is 1.24 bits per heavy atom.